The first-order valence-electron chi connectivity index (χ1n) is 8.99. The summed E-state index contributed by atoms with van der Waals surface area (Å²) in [4.78, 5) is 26.3. The Morgan fingerprint density at radius 3 is 2.59 bits per heavy atom. The van der Waals surface area contributed by atoms with Crippen molar-refractivity contribution in [1.82, 2.24) is 29.4 Å². The van der Waals surface area contributed by atoms with E-state index in [1.165, 1.54) is 21.2 Å². The van der Waals surface area contributed by atoms with Gasteiger partial charge in [0.1, 0.15) is 11.6 Å². The molecule has 0 saturated heterocycles. The molecule has 0 unspecified atom stereocenters. The van der Waals surface area contributed by atoms with Crippen LogP contribution in [0.5, 0.6) is 0 Å². The topological polar surface area (TPSA) is 110 Å². The minimum absolute atomic E-state index is 0.0807. The van der Waals surface area contributed by atoms with Gasteiger partial charge in [0.25, 0.3) is 5.56 Å². The summed E-state index contributed by atoms with van der Waals surface area (Å²) in [5, 5.41) is 15.7. The number of aromatic nitrogens is 6. The number of hydrogen-bond acceptors (Lipinski definition) is 6. The number of nitrogens with zero attached hydrogens (tertiary/aromatic N) is 5. The van der Waals surface area contributed by atoms with Gasteiger partial charge in [0.2, 0.25) is 0 Å². The molecule has 0 bridgehead atoms. The van der Waals surface area contributed by atoms with Gasteiger partial charge in [-0.1, -0.05) is 0 Å². The van der Waals surface area contributed by atoms with Gasteiger partial charge in [-0.15, -0.1) is 15.3 Å². The first-order valence-corrected chi connectivity index (χ1v) is 8.99. The monoisotopic (exact) mass is 395 g/mol. The molecular formula is C19H18FN7O2. The highest BCUT2D eigenvalue weighted by Gasteiger charge is 2.11. The lowest BCUT2D eigenvalue weighted by Gasteiger charge is -2.11. The summed E-state index contributed by atoms with van der Waals surface area (Å²) in [7, 11) is 0. The molecule has 3 aromatic heterocycles. The van der Waals surface area contributed by atoms with E-state index in [0.29, 0.717) is 28.4 Å². The highest BCUT2D eigenvalue weighted by molar-refractivity contribution is 5.59. The maximum absolute atomic E-state index is 13.2. The Labute approximate surface area is 163 Å². The van der Waals surface area contributed by atoms with E-state index in [1.807, 2.05) is 13.8 Å². The fourth-order valence-corrected chi connectivity index (χ4v) is 2.88. The molecule has 0 spiro atoms. The van der Waals surface area contributed by atoms with E-state index >= 15 is 0 Å². The molecule has 1 aromatic carbocycles. The number of fused-ring (bicyclic) bond motifs is 1. The number of nitrogens with one attached hydrogen (secondary N) is 2. The second-order valence-electron chi connectivity index (χ2n) is 6.79. The quantitative estimate of drug-likeness (QED) is 0.535. The summed E-state index contributed by atoms with van der Waals surface area (Å²) in [5.41, 5.74) is 0.714. The van der Waals surface area contributed by atoms with Gasteiger partial charge < -0.3 is 5.32 Å². The van der Waals surface area contributed by atoms with Crippen LogP contribution in [-0.4, -0.2) is 29.4 Å². The fourth-order valence-electron chi connectivity index (χ4n) is 2.88. The molecule has 4 rings (SSSR count). The Balaban J connectivity index is 1.63. The zero-order valence-corrected chi connectivity index (χ0v) is 15.8. The van der Waals surface area contributed by atoms with Crippen LogP contribution in [0.15, 0.2) is 52.2 Å². The van der Waals surface area contributed by atoms with E-state index in [2.05, 4.69) is 25.6 Å². The SMILES string of the molecule is CC(C)n1cc(CNc2ccc3nnc(-c4ccc(F)cc4)n3n2)c(=O)[nH]c1=O. The molecule has 0 fully saturated rings. The standard InChI is InChI=1S/C19H18FN7O2/c1-11(2)26-10-13(18(28)22-19(26)29)9-21-15-7-8-16-23-24-17(27(16)25-15)12-3-5-14(20)6-4-12/h3-8,10-11H,9H2,1-2H3,(H,21,25)(H,22,28,29). The van der Waals surface area contributed by atoms with Crippen molar-refractivity contribution in [3.8, 4) is 11.4 Å². The lowest BCUT2D eigenvalue weighted by Crippen LogP contribution is -2.33. The Morgan fingerprint density at radius 1 is 1.10 bits per heavy atom. The number of anilines is 1. The van der Waals surface area contributed by atoms with E-state index in [9.17, 15) is 14.0 Å². The van der Waals surface area contributed by atoms with Crippen molar-refractivity contribution in [1.29, 1.82) is 0 Å². The molecule has 148 valence electrons. The van der Waals surface area contributed by atoms with Crippen molar-refractivity contribution in [2.24, 2.45) is 0 Å². The van der Waals surface area contributed by atoms with Crippen LogP contribution in [0.2, 0.25) is 0 Å². The predicted octanol–water partition coefficient (Wildman–Crippen LogP) is 1.97. The van der Waals surface area contributed by atoms with Crippen molar-refractivity contribution in [3.05, 3.63) is 74.8 Å². The highest BCUT2D eigenvalue weighted by Crippen LogP contribution is 2.19. The second kappa shape index (κ2) is 7.30. The van der Waals surface area contributed by atoms with Gasteiger partial charge in [-0.05, 0) is 50.2 Å². The van der Waals surface area contributed by atoms with Crippen LogP contribution in [0.25, 0.3) is 17.0 Å². The molecular weight excluding hydrogens is 377 g/mol. The zero-order chi connectivity index (χ0) is 20.5. The Morgan fingerprint density at radius 2 is 1.86 bits per heavy atom. The molecule has 0 aliphatic carbocycles. The van der Waals surface area contributed by atoms with Gasteiger partial charge in [0, 0.05) is 24.3 Å². The van der Waals surface area contributed by atoms with Crippen LogP contribution < -0.4 is 16.6 Å². The van der Waals surface area contributed by atoms with E-state index in [1.54, 1.807) is 30.5 Å². The normalized spacial score (nSPS) is 11.3. The molecule has 0 amide bonds. The number of hydrogen-bond donors (Lipinski definition) is 2. The van der Waals surface area contributed by atoms with Crippen molar-refractivity contribution >= 4 is 11.5 Å². The van der Waals surface area contributed by atoms with Gasteiger partial charge in [0.05, 0.1) is 5.56 Å². The Hall–Kier alpha value is -3.82. The predicted molar refractivity (Wildman–Crippen MR) is 105 cm³/mol. The molecule has 4 aromatic rings. The summed E-state index contributed by atoms with van der Waals surface area (Å²) in [6.07, 6.45) is 1.54. The summed E-state index contributed by atoms with van der Waals surface area (Å²) < 4.78 is 16.2. The average Bonchev–Trinajstić information content (AvgIpc) is 3.11. The molecule has 0 saturated carbocycles. The van der Waals surface area contributed by atoms with Crippen LogP contribution in [0.3, 0.4) is 0 Å². The third-order valence-electron chi connectivity index (χ3n) is 4.42. The number of benzene rings is 1. The molecule has 9 nitrogen and oxygen atoms in total. The Bertz CT molecular complexity index is 1290. The third-order valence-corrected chi connectivity index (χ3v) is 4.42. The van der Waals surface area contributed by atoms with Crippen molar-refractivity contribution < 1.29 is 4.39 Å². The number of rotatable bonds is 5. The van der Waals surface area contributed by atoms with E-state index in [4.69, 9.17) is 0 Å². The van der Waals surface area contributed by atoms with E-state index < -0.39 is 11.2 Å². The van der Waals surface area contributed by atoms with Gasteiger partial charge in [-0.3, -0.25) is 14.3 Å². The fraction of sp³-hybridized carbons (Fsp3) is 0.211. The van der Waals surface area contributed by atoms with Crippen LogP contribution in [0.4, 0.5) is 10.2 Å². The average molecular weight is 395 g/mol. The van der Waals surface area contributed by atoms with Gasteiger partial charge >= 0.3 is 5.69 Å². The third kappa shape index (κ3) is 3.64. The largest absolute Gasteiger partial charge is 0.364 e. The molecule has 0 atom stereocenters. The lowest BCUT2D eigenvalue weighted by atomic mass is 10.2. The van der Waals surface area contributed by atoms with E-state index in [0.717, 1.165) is 0 Å². The lowest BCUT2D eigenvalue weighted by molar-refractivity contribution is 0.556. The Kier molecular flexibility index (Phi) is 4.67. The first-order chi connectivity index (χ1) is 13.9. The second-order valence-corrected chi connectivity index (χ2v) is 6.79. The maximum atomic E-state index is 13.2. The van der Waals surface area contributed by atoms with Crippen LogP contribution in [-0.2, 0) is 6.54 Å². The summed E-state index contributed by atoms with van der Waals surface area (Å²) in [6, 6.07) is 9.25. The smallest absolute Gasteiger partial charge is 0.328 e. The van der Waals surface area contributed by atoms with Crippen molar-refractivity contribution in [2.45, 2.75) is 26.4 Å². The summed E-state index contributed by atoms with van der Waals surface area (Å²) >= 11 is 0. The molecule has 2 N–H and O–H groups in total. The number of halogens is 1. The summed E-state index contributed by atoms with van der Waals surface area (Å²) in [5.74, 6) is 0.614. The van der Waals surface area contributed by atoms with Gasteiger partial charge in [-0.25, -0.2) is 9.18 Å². The minimum Gasteiger partial charge on any atom is -0.364 e. The number of H-pyrrole nitrogens is 1. The van der Waals surface area contributed by atoms with Gasteiger partial charge in [-0.2, -0.15) is 4.52 Å². The maximum Gasteiger partial charge on any atom is 0.328 e. The van der Waals surface area contributed by atoms with Crippen molar-refractivity contribution in [2.75, 3.05) is 5.32 Å². The molecule has 3 heterocycles. The molecule has 29 heavy (non-hydrogen) atoms. The minimum atomic E-state index is -0.447. The van der Waals surface area contributed by atoms with Crippen molar-refractivity contribution in [3.63, 3.8) is 0 Å². The van der Waals surface area contributed by atoms with Gasteiger partial charge in [0.15, 0.2) is 11.5 Å². The van der Waals surface area contributed by atoms with Crippen LogP contribution in [0.1, 0.15) is 25.5 Å². The van der Waals surface area contributed by atoms with Crippen LogP contribution in [0, 0.1) is 5.82 Å². The molecule has 0 radical (unpaired) electrons. The number of aromatic amines is 1. The highest BCUT2D eigenvalue weighted by atomic mass is 19.1. The first kappa shape index (κ1) is 18.5. The van der Waals surface area contributed by atoms with Crippen LogP contribution >= 0.6 is 0 Å². The molecule has 0 aliphatic heterocycles. The summed E-state index contributed by atoms with van der Waals surface area (Å²) in [6.45, 7) is 3.89. The zero-order valence-electron chi connectivity index (χ0n) is 15.8. The molecule has 0 aliphatic rings. The molecule has 10 heteroatoms. The van der Waals surface area contributed by atoms with E-state index in [-0.39, 0.29) is 18.4 Å².